The summed E-state index contributed by atoms with van der Waals surface area (Å²) in [5, 5.41) is 13.5. The molecule has 1 saturated carbocycles. The third kappa shape index (κ3) is 4.64. The van der Waals surface area contributed by atoms with Crippen molar-refractivity contribution in [2.24, 2.45) is 5.41 Å². The standard InChI is InChI=1S/C13H27NOS/c1-3-16-10-6-9-14-11-13(2)8-5-4-7-12(13)15/h12,14-15H,3-11H2,1-2H3. The van der Waals surface area contributed by atoms with Crippen molar-refractivity contribution in [1.82, 2.24) is 5.32 Å². The molecule has 0 aliphatic heterocycles. The third-order valence-electron chi connectivity index (χ3n) is 3.66. The second-order valence-corrected chi connectivity index (χ2v) is 6.54. The minimum absolute atomic E-state index is 0.0984. The van der Waals surface area contributed by atoms with Gasteiger partial charge in [0.05, 0.1) is 6.10 Å². The fourth-order valence-corrected chi connectivity index (χ4v) is 3.04. The van der Waals surface area contributed by atoms with E-state index in [0.717, 1.165) is 19.5 Å². The molecule has 3 heteroatoms. The van der Waals surface area contributed by atoms with E-state index in [1.54, 1.807) is 0 Å². The summed E-state index contributed by atoms with van der Waals surface area (Å²) in [6.45, 7) is 6.50. The minimum Gasteiger partial charge on any atom is -0.393 e. The van der Waals surface area contributed by atoms with Crippen LogP contribution >= 0.6 is 11.8 Å². The largest absolute Gasteiger partial charge is 0.393 e. The van der Waals surface area contributed by atoms with Gasteiger partial charge < -0.3 is 10.4 Å². The molecular formula is C13H27NOS. The van der Waals surface area contributed by atoms with Crippen LogP contribution in [0.25, 0.3) is 0 Å². The lowest BCUT2D eigenvalue weighted by molar-refractivity contribution is 0.00150. The summed E-state index contributed by atoms with van der Waals surface area (Å²) in [7, 11) is 0. The van der Waals surface area contributed by atoms with E-state index >= 15 is 0 Å². The van der Waals surface area contributed by atoms with Crippen molar-refractivity contribution in [2.45, 2.75) is 52.1 Å². The van der Waals surface area contributed by atoms with Gasteiger partial charge in [-0.2, -0.15) is 11.8 Å². The van der Waals surface area contributed by atoms with Crippen molar-refractivity contribution in [1.29, 1.82) is 0 Å². The lowest BCUT2D eigenvalue weighted by atomic mass is 9.73. The van der Waals surface area contributed by atoms with Gasteiger partial charge in [-0.25, -0.2) is 0 Å². The first kappa shape index (κ1) is 14.3. The van der Waals surface area contributed by atoms with Gasteiger partial charge in [-0.15, -0.1) is 0 Å². The zero-order chi connectivity index (χ0) is 11.9. The Labute approximate surface area is 105 Å². The van der Waals surface area contributed by atoms with Crippen LogP contribution in [0.15, 0.2) is 0 Å². The molecular weight excluding hydrogens is 218 g/mol. The average molecular weight is 245 g/mol. The van der Waals surface area contributed by atoms with Crippen LogP contribution in [0.2, 0.25) is 0 Å². The number of aliphatic hydroxyl groups excluding tert-OH is 1. The summed E-state index contributed by atoms with van der Waals surface area (Å²) in [6, 6.07) is 0. The van der Waals surface area contributed by atoms with Gasteiger partial charge in [0.25, 0.3) is 0 Å². The Morgan fingerprint density at radius 1 is 1.44 bits per heavy atom. The summed E-state index contributed by atoms with van der Waals surface area (Å²) in [5.74, 6) is 2.47. The Hall–Kier alpha value is 0.270. The second kappa shape index (κ2) is 7.57. The highest BCUT2D eigenvalue weighted by molar-refractivity contribution is 7.99. The van der Waals surface area contributed by atoms with Gasteiger partial charge >= 0.3 is 0 Å². The highest BCUT2D eigenvalue weighted by Gasteiger charge is 2.34. The fraction of sp³-hybridized carbons (Fsp3) is 1.00. The molecule has 0 radical (unpaired) electrons. The predicted octanol–water partition coefficient (Wildman–Crippen LogP) is 2.66. The van der Waals surface area contributed by atoms with E-state index in [4.69, 9.17) is 0 Å². The lowest BCUT2D eigenvalue weighted by Gasteiger charge is -2.38. The van der Waals surface area contributed by atoms with E-state index < -0.39 is 0 Å². The number of rotatable bonds is 7. The normalized spacial score (nSPS) is 30.6. The first-order valence-corrected chi connectivity index (χ1v) is 7.81. The average Bonchev–Trinajstić information content (AvgIpc) is 2.28. The van der Waals surface area contributed by atoms with Crippen LogP contribution in [0.4, 0.5) is 0 Å². The molecule has 0 aromatic heterocycles. The Kier molecular flexibility index (Phi) is 6.78. The number of hydrogen-bond acceptors (Lipinski definition) is 3. The van der Waals surface area contributed by atoms with E-state index in [0.29, 0.717) is 0 Å². The molecule has 0 amide bonds. The van der Waals surface area contributed by atoms with Crippen molar-refractivity contribution in [3.63, 3.8) is 0 Å². The van der Waals surface area contributed by atoms with Crippen LogP contribution in [-0.4, -0.2) is 35.8 Å². The van der Waals surface area contributed by atoms with Gasteiger partial charge in [0.2, 0.25) is 0 Å². The summed E-state index contributed by atoms with van der Waals surface area (Å²) >= 11 is 2.00. The third-order valence-corrected chi connectivity index (χ3v) is 4.64. The molecule has 1 fully saturated rings. The van der Waals surface area contributed by atoms with E-state index in [-0.39, 0.29) is 11.5 Å². The van der Waals surface area contributed by atoms with Crippen molar-refractivity contribution in [3.8, 4) is 0 Å². The summed E-state index contributed by atoms with van der Waals surface area (Å²) < 4.78 is 0. The van der Waals surface area contributed by atoms with Gasteiger partial charge in [-0.3, -0.25) is 0 Å². The Morgan fingerprint density at radius 3 is 2.94 bits per heavy atom. The molecule has 0 heterocycles. The number of hydrogen-bond donors (Lipinski definition) is 2. The van der Waals surface area contributed by atoms with Crippen LogP contribution < -0.4 is 5.32 Å². The molecule has 0 aromatic rings. The van der Waals surface area contributed by atoms with Gasteiger partial charge in [0.15, 0.2) is 0 Å². The van der Waals surface area contributed by atoms with E-state index in [9.17, 15) is 5.11 Å². The number of thioether (sulfide) groups is 1. The van der Waals surface area contributed by atoms with Gasteiger partial charge in [-0.05, 0) is 37.3 Å². The first-order valence-electron chi connectivity index (χ1n) is 6.65. The molecule has 0 aromatic carbocycles. The molecule has 96 valence electrons. The van der Waals surface area contributed by atoms with Crippen molar-refractivity contribution in [2.75, 3.05) is 24.6 Å². The van der Waals surface area contributed by atoms with Gasteiger partial charge in [0, 0.05) is 12.0 Å². The maximum absolute atomic E-state index is 10.0. The minimum atomic E-state index is -0.0984. The van der Waals surface area contributed by atoms with Crippen LogP contribution in [0.5, 0.6) is 0 Å². The van der Waals surface area contributed by atoms with Crippen molar-refractivity contribution in [3.05, 3.63) is 0 Å². The molecule has 0 bridgehead atoms. The molecule has 0 saturated heterocycles. The number of nitrogens with one attached hydrogen (secondary N) is 1. The Morgan fingerprint density at radius 2 is 2.25 bits per heavy atom. The first-order chi connectivity index (χ1) is 7.69. The summed E-state index contributed by atoms with van der Waals surface area (Å²) in [5.41, 5.74) is 0.121. The number of aliphatic hydroxyl groups is 1. The van der Waals surface area contributed by atoms with Crippen LogP contribution in [0, 0.1) is 5.41 Å². The van der Waals surface area contributed by atoms with Crippen LogP contribution in [0.1, 0.15) is 46.0 Å². The SMILES string of the molecule is CCSCCCNCC1(C)CCCCC1O. The predicted molar refractivity (Wildman–Crippen MR) is 73.1 cm³/mol. The molecule has 1 aliphatic rings. The highest BCUT2D eigenvalue weighted by atomic mass is 32.2. The lowest BCUT2D eigenvalue weighted by Crippen LogP contribution is -2.43. The molecule has 2 atom stereocenters. The molecule has 0 spiro atoms. The van der Waals surface area contributed by atoms with Gasteiger partial charge in [-0.1, -0.05) is 26.7 Å². The monoisotopic (exact) mass is 245 g/mol. The van der Waals surface area contributed by atoms with Crippen LogP contribution in [-0.2, 0) is 0 Å². The van der Waals surface area contributed by atoms with Gasteiger partial charge in [0.1, 0.15) is 0 Å². The quantitative estimate of drug-likeness (QED) is 0.676. The zero-order valence-corrected chi connectivity index (χ0v) is 11.6. The van der Waals surface area contributed by atoms with Crippen molar-refractivity contribution < 1.29 is 5.11 Å². The zero-order valence-electron chi connectivity index (χ0n) is 10.8. The molecule has 16 heavy (non-hydrogen) atoms. The Balaban J connectivity index is 2.10. The molecule has 2 N–H and O–H groups in total. The van der Waals surface area contributed by atoms with E-state index in [1.165, 1.54) is 37.2 Å². The maximum atomic E-state index is 10.0. The Bertz CT molecular complexity index is 189. The molecule has 1 aliphatic carbocycles. The summed E-state index contributed by atoms with van der Waals surface area (Å²) in [4.78, 5) is 0. The second-order valence-electron chi connectivity index (χ2n) is 5.14. The van der Waals surface area contributed by atoms with Crippen molar-refractivity contribution >= 4 is 11.8 Å². The fourth-order valence-electron chi connectivity index (χ4n) is 2.41. The summed E-state index contributed by atoms with van der Waals surface area (Å²) in [6.07, 6.45) is 5.78. The maximum Gasteiger partial charge on any atom is 0.0605 e. The van der Waals surface area contributed by atoms with E-state index in [1.807, 2.05) is 11.8 Å². The topological polar surface area (TPSA) is 32.3 Å². The van der Waals surface area contributed by atoms with Crippen LogP contribution in [0.3, 0.4) is 0 Å². The van der Waals surface area contributed by atoms with E-state index in [2.05, 4.69) is 19.2 Å². The highest BCUT2D eigenvalue weighted by Crippen LogP contribution is 2.35. The molecule has 2 nitrogen and oxygen atoms in total. The smallest absolute Gasteiger partial charge is 0.0605 e. The molecule has 1 rings (SSSR count). The molecule has 2 unspecified atom stereocenters.